The van der Waals surface area contributed by atoms with E-state index < -0.39 is 11.7 Å². The predicted octanol–water partition coefficient (Wildman–Crippen LogP) is 4.11. The molecule has 154 valence electrons. The Morgan fingerprint density at radius 2 is 1.85 bits per heavy atom. The van der Waals surface area contributed by atoms with Crippen LogP contribution in [0, 0.1) is 0 Å². The Hall–Kier alpha value is -1.16. The number of nitrogens with one attached hydrogen (secondary N) is 3. The van der Waals surface area contributed by atoms with Gasteiger partial charge in [0, 0.05) is 31.1 Å². The van der Waals surface area contributed by atoms with Crippen molar-refractivity contribution in [1.29, 1.82) is 0 Å². The van der Waals surface area contributed by atoms with Crippen molar-refractivity contribution < 1.29 is 9.53 Å². The van der Waals surface area contributed by atoms with Crippen LogP contribution in [0.3, 0.4) is 0 Å². The molecule has 0 aliphatic carbocycles. The third kappa shape index (κ3) is 12.0. The van der Waals surface area contributed by atoms with Gasteiger partial charge in [0.15, 0.2) is 5.96 Å². The van der Waals surface area contributed by atoms with Crippen LogP contribution in [-0.4, -0.2) is 49.3 Å². The highest BCUT2D eigenvalue weighted by Crippen LogP contribution is 2.13. The minimum Gasteiger partial charge on any atom is -0.444 e. The number of anilines is 1. The highest BCUT2D eigenvalue weighted by Gasteiger charge is 2.16. The zero-order chi connectivity index (χ0) is 19.6. The second-order valence-electron chi connectivity index (χ2n) is 7.00. The lowest BCUT2D eigenvalue weighted by Gasteiger charge is -2.19. The first-order valence-corrected chi connectivity index (χ1v) is 10.1. The van der Waals surface area contributed by atoms with Gasteiger partial charge in [0.05, 0.1) is 0 Å². The van der Waals surface area contributed by atoms with E-state index >= 15 is 0 Å². The summed E-state index contributed by atoms with van der Waals surface area (Å²) in [5.74, 6) is 0.814. The van der Waals surface area contributed by atoms with E-state index in [1.165, 1.54) is 5.56 Å². The van der Waals surface area contributed by atoms with Crippen LogP contribution in [0.5, 0.6) is 0 Å². The number of carbonyl (C=O) groups excluding carboxylic acids is 1. The SMILES string of the molecule is CN=C(NCCc1ccc(NC(=O)OC(C)(C)C)cc1)NCC(C)SC.I. The second kappa shape index (κ2) is 13.1. The van der Waals surface area contributed by atoms with Crippen molar-refractivity contribution in [2.45, 2.75) is 45.0 Å². The van der Waals surface area contributed by atoms with Crippen LogP contribution in [-0.2, 0) is 11.2 Å². The summed E-state index contributed by atoms with van der Waals surface area (Å²) in [7, 11) is 1.77. The Morgan fingerprint density at radius 3 is 2.37 bits per heavy atom. The molecule has 0 saturated heterocycles. The van der Waals surface area contributed by atoms with Gasteiger partial charge >= 0.3 is 6.09 Å². The van der Waals surface area contributed by atoms with Crippen LogP contribution >= 0.6 is 35.7 Å². The topological polar surface area (TPSA) is 74.8 Å². The van der Waals surface area contributed by atoms with E-state index in [4.69, 9.17) is 4.74 Å². The Morgan fingerprint density at radius 1 is 1.22 bits per heavy atom. The van der Waals surface area contributed by atoms with Gasteiger partial charge in [-0.1, -0.05) is 19.1 Å². The summed E-state index contributed by atoms with van der Waals surface area (Å²) in [5, 5.41) is 9.90. The second-order valence-corrected chi connectivity index (χ2v) is 8.28. The standard InChI is InChI=1S/C19H32N4O2S.HI/c1-14(26-6)13-22-17(20-5)21-12-11-15-7-9-16(10-8-15)23-18(24)25-19(2,3)4;/h7-10,14H,11-13H2,1-6H3,(H,23,24)(H2,20,21,22);1H. The molecule has 0 aliphatic heterocycles. The largest absolute Gasteiger partial charge is 0.444 e. The Labute approximate surface area is 184 Å². The quantitative estimate of drug-likeness (QED) is 0.294. The molecule has 0 radical (unpaired) electrons. The van der Waals surface area contributed by atoms with E-state index in [9.17, 15) is 4.79 Å². The number of guanidine groups is 1. The van der Waals surface area contributed by atoms with E-state index in [2.05, 4.69) is 34.1 Å². The highest BCUT2D eigenvalue weighted by molar-refractivity contribution is 14.0. The van der Waals surface area contributed by atoms with Crippen LogP contribution in [0.2, 0.25) is 0 Å². The number of ether oxygens (including phenoxy) is 1. The van der Waals surface area contributed by atoms with Crippen molar-refractivity contribution >= 4 is 53.5 Å². The number of nitrogens with zero attached hydrogens (tertiary/aromatic N) is 1. The number of benzene rings is 1. The fourth-order valence-electron chi connectivity index (χ4n) is 2.05. The number of hydrogen-bond acceptors (Lipinski definition) is 4. The molecular formula is C19H33IN4O2S. The molecule has 0 aromatic heterocycles. The molecule has 1 unspecified atom stereocenters. The maximum Gasteiger partial charge on any atom is 0.412 e. The van der Waals surface area contributed by atoms with Gasteiger partial charge in [-0.25, -0.2) is 4.79 Å². The van der Waals surface area contributed by atoms with E-state index in [0.717, 1.165) is 31.2 Å². The summed E-state index contributed by atoms with van der Waals surface area (Å²) in [6, 6.07) is 7.76. The molecule has 0 aliphatic rings. The molecule has 3 N–H and O–H groups in total. The molecule has 0 saturated carbocycles. The average Bonchev–Trinajstić information content (AvgIpc) is 2.57. The fourth-order valence-corrected chi connectivity index (χ4v) is 2.30. The first-order chi connectivity index (χ1) is 12.2. The average molecular weight is 508 g/mol. The molecule has 1 aromatic rings. The van der Waals surface area contributed by atoms with E-state index in [1.807, 2.05) is 56.8 Å². The van der Waals surface area contributed by atoms with E-state index in [1.54, 1.807) is 7.05 Å². The van der Waals surface area contributed by atoms with Gasteiger partial charge in [-0.3, -0.25) is 10.3 Å². The van der Waals surface area contributed by atoms with Crippen LogP contribution in [0.1, 0.15) is 33.3 Å². The molecule has 1 amide bonds. The van der Waals surface area contributed by atoms with Gasteiger partial charge in [0.25, 0.3) is 0 Å². The van der Waals surface area contributed by atoms with Gasteiger partial charge in [0.1, 0.15) is 5.60 Å². The molecule has 0 spiro atoms. The molecule has 0 fully saturated rings. The van der Waals surface area contributed by atoms with Crippen molar-refractivity contribution in [2.24, 2.45) is 4.99 Å². The summed E-state index contributed by atoms with van der Waals surface area (Å²) in [5.41, 5.74) is 1.40. The molecular weight excluding hydrogens is 475 g/mol. The summed E-state index contributed by atoms with van der Waals surface area (Å²) in [6.45, 7) is 9.36. The molecule has 1 atom stereocenters. The number of aliphatic imine (C=N–C) groups is 1. The first-order valence-electron chi connectivity index (χ1n) is 8.79. The molecule has 8 heteroatoms. The summed E-state index contributed by atoms with van der Waals surface area (Å²) < 4.78 is 5.24. The minimum atomic E-state index is -0.504. The number of carbonyl (C=O) groups is 1. The van der Waals surface area contributed by atoms with Gasteiger partial charge in [-0.05, 0) is 51.1 Å². The maximum absolute atomic E-state index is 11.8. The number of rotatable bonds is 7. The zero-order valence-electron chi connectivity index (χ0n) is 17.1. The summed E-state index contributed by atoms with van der Waals surface area (Å²) in [4.78, 5) is 16.0. The van der Waals surface area contributed by atoms with Gasteiger partial charge in [0.2, 0.25) is 0 Å². The minimum absolute atomic E-state index is 0. The lowest BCUT2D eigenvalue weighted by atomic mass is 10.1. The Balaban J connectivity index is 0.00000676. The third-order valence-corrected chi connectivity index (χ3v) is 4.46. The number of halogens is 1. The normalized spacial score (nSPS) is 12.6. The van der Waals surface area contributed by atoms with Crippen molar-refractivity contribution in [3.05, 3.63) is 29.8 Å². The molecule has 0 heterocycles. The van der Waals surface area contributed by atoms with Gasteiger partial charge in [-0.2, -0.15) is 11.8 Å². The van der Waals surface area contributed by atoms with Crippen molar-refractivity contribution in [1.82, 2.24) is 10.6 Å². The van der Waals surface area contributed by atoms with Crippen molar-refractivity contribution in [3.8, 4) is 0 Å². The van der Waals surface area contributed by atoms with Gasteiger partial charge < -0.3 is 15.4 Å². The zero-order valence-corrected chi connectivity index (χ0v) is 20.2. The van der Waals surface area contributed by atoms with E-state index in [0.29, 0.717) is 5.25 Å². The monoisotopic (exact) mass is 508 g/mol. The first kappa shape index (κ1) is 25.8. The van der Waals surface area contributed by atoms with Crippen LogP contribution in [0.4, 0.5) is 10.5 Å². The number of amides is 1. The number of thioether (sulfide) groups is 1. The van der Waals surface area contributed by atoms with Gasteiger partial charge in [-0.15, -0.1) is 24.0 Å². The molecule has 1 aromatic carbocycles. The smallest absolute Gasteiger partial charge is 0.412 e. The van der Waals surface area contributed by atoms with Crippen molar-refractivity contribution in [3.63, 3.8) is 0 Å². The molecule has 1 rings (SSSR count). The summed E-state index contributed by atoms with van der Waals surface area (Å²) >= 11 is 1.82. The molecule has 27 heavy (non-hydrogen) atoms. The third-order valence-electron chi connectivity index (χ3n) is 3.49. The van der Waals surface area contributed by atoms with Crippen LogP contribution in [0.15, 0.2) is 29.3 Å². The lowest BCUT2D eigenvalue weighted by molar-refractivity contribution is 0.0636. The molecule has 0 bridgehead atoms. The lowest BCUT2D eigenvalue weighted by Crippen LogP contribution is -2.40. The van der Waals surface area contributed by atoms with Crippen LogP contribution < -0.4 is 16.0 Å². The highest BCUT2D eigenvalue weighted by atomic mass is 127. The Kier molecular flexibility index (Phi) is 12.5. The van der Waals surface area contributed by atoms with Crippen LogP contribution in [0.25, 0.3) is 0 Å². The fraction of sp³-hybridized carbons (Fsp3) is 0.579. The predicted molar refractivity (Wildman–Crippen MR) is 128 cm³/mol. The summed E-state index contributed by atoms with van der Waals surface area (Å²) in [6.07, 6.45) is 2.52. The number of hydrogen-bond donors (Lipinski definition) is 3. The molecule has 6 nitrogen and oxygen atoms in total. The Bertz CT molecular complexity index is 588. The van der Waals surface area contributed by atoms with Crippen molar-refractivity contribution in [2.75, 3.05) is 31.7 Å². The maximum atomic E-state index is 11.8. The van der Waals surface area contributed by atoms with E-state index in [-0.39, 0.29) is 24.0 Å².